The molecule has 92 valence electrons. The maximum atomic E-state index is 11.7. The zero-order valence-electron chi connectivity index (χ0n) is 9.80. The summed E-state index contributed by atoms with van der Waals surface area (Å²) in [6.07, 6.45) is 4.64. The predicted octanol–water partition coefficient (Wildman–Crippen LogP) is 0.850. The van der Waals surface area contributed by atoms with Gasteiger partial charge in [0.2, 0.25) is 0 Å². The number of carboxylic acids is 1. The van der Waals surface area contributed by atoms with E-state index in [1.807, 2.05) is 0 Å². The number of hydrogen-bond acceptors (Lipinski definition) is 4. The average Bonchev–Trinajstić information content (AvgIpc) is 2.27. The van der Waals surface area contributed by atoms with Crippen LogP contribution >= 0.6 is 0 Å². The smallest absolute Gasteiger partial charge is 0.303 e. The van der Waals surface area contributed by atoms with Crippen molar-refractivity contribution in [2.24, 2.45) is 0 Å². The lowest BCUT2D eigenvalue weighted by Crippen LogP contribution is -2.44. The molecule has 1 aromatic rings. The van der Waals surface area contributed by atoms with Gasteiger partial charge >= 0.3 is 5.97 Å². The molecular weight excluding hydrogens is 222 g/mol. The van der Waals surface area contributed by atoms with E-state index in [2.05, 4.69) is 15.3 Å². The zero-order valence-corrected chi connectivity index (χ0v) is 9.80. The second-order valence-electron chi connectivity index (χ2n) is 4.32. The summed E-state index contributed by atoms with van der Waals surface area (Å²) in [5.41, 5.74) is -0.372. The van der Waals surface area contributed by atoms with Gasteiger partial charge in [0.05, 0.1) is 6.20 Å². The minimum absolute atomic E-state index is 0.00769. The van der Waals surface area contributed by atoms with Crippen LogP contribution in [0.3, 0.4) is 0 Å². The van der Waals surface area contributed by atoms with Gasteiger partial charge in [0.25, 0.3) is 5.91 Å². The van der Waals surface area contributed by atoms with Crippen molar-refractivity contribution in [2.75, 3.05) is 0 Å². The first-order chi connectivity index (χ1) is 7.91. The second-order valence-corrected chi connectivity index (χ2v) is 4.32. The molecule has 0 bridgehead atoms. The molecule has 6 nitrogen and oxygen atoms in total. The van der Waals surface area contributed by atoms with Crippen LogP contribution in [-0.4, -0.2) is 32.5 Å². The third-order valence-electron chi connectivity index (χ3n) is 2.21. The molecule has 1 heterocycles. The molecule has 6 heteroatoms. The van der Waals surface area contributed by atoms with Gasteiger partial charge in [-0.05, 0) is 20.3 Å². The van der Waals surface area contributed by atoms with E-state index in [9.17, 15) is 9.59 Å². The van der Waals surface area contributed by atoms with Gasteiger partial charge in [0.15, 0.2) is 0 Å². The van der Waals surface area contributed by atoms with E-state index >= 15 is 0 Å². The van der Waals surface area contributed by atoms with E-state index < -0.39 is 11.5 Å². The summed E-state index contributed by atoms with van der Waals surface area (Å²) in [6, 6.07) is 0. The molecular formula is C11H15N3O3. The first kappa shape index (κ1) is 13.1. The summed E-state index contributed by atoms with van der Waals surface area (Å²) in [4.78, 5) is 29.9. The molecule has 17 heavy (non-hydrogen) atoms. The van der Waals surface area contributed by atoms with Crippen LogP contribution in [0.15, 0.2) is 18.6 Å². The Morgan fingerprint density at radius 1 is 1.41 bits per heavy atom. The highest BCUT2D eigenvalue weighted by atomic mass is 16.4. The number of aliphatic carboxylic acids is 1. The van der Waals surface area contributed by atoms with Crippen LogP contribution in [0, 0.1) is 0 Å². The van der Waals surface area contributed by atoms with Gasteiger partial charge in [-0.25, -0.2) is 4.98 Å². The fourth-order valence-corrected chi connectivity index (χ4v) is 1.27. The number of carboxylic acid groups (broad SMARTS) is 1. The summed E-state index contributed by atoms with van der Waals surface area (Å²) in [5, 5.41) is 11.3. The van der Waals surface area contributed by atoms with E-state index in [1.54, 1.807) is 13.8 Å². The van der Waals surface area contributed by atoms with Gasteiger partial charge in [-0.3, -0.25) is 14.6 Å². The van der Waals surface area contributed by atoms with Crippen LogP contribution in [0.5, 0.6) is 0 Å². The maximum absolute atomic E-state index is 11.7. The molecule has 0 fully saturated rings. The Hall–Kier alpha value is -1.98. The molecule has 0 spiro atoms. The molecule has 2 N–H and O–H groups in total. The van der Waals surface area contributed by atoms with Gasteiger partial charge in [-0.1, -0.05) is 0 Å². The number of carbonyl (C=O) groups excluding carboxylic acids is 1. The Kier molecular flexibility index (Phi) is 4.14. The fraction of sp³-hybridized carbons (Fsp3) is 0.455. The van der Waals surface area contributed by atoms with Gasteiger partial charge < -0.3 is 10.4 Å². The van der Waals surface area contributed by atoms with Crippen LogP contribution < -0.4 is 5.32 Å². The highest BCUT2D eigenvalue weighted by molar-refractivity contribution is 5.92. The fourth-order valence-electron chi connectivity index (χ4n) is 1.27. The van der Waals surface area contributed by atoms with E-state index in [0.29, 0.717) is 6.42 Å². The molecule has 0 saturated heterocycles. The van der Waals surface area contributed by atoms with E-state index in [1.165, 1.54) is 18.6 Å². The topological polar surface area (TPSA) is 92.2 Å². The summed E-state index contributed by atoms with van der Waals surface area (Å²) < 4.78 is 0. The number of rotatable bonds is 5. The molecule has 0 saturated carbocycles. The molecule has 1 aromatic heterocycles. The van der Waals surface area contributed by atoms with Crippen LogP contribution in [-0.2, 0) is 4.79 Å². The normalized spacial score (nSPS) is 10.9. The summed E-state index contributed by atoms with van der Waals surface area (Å²) in [6.45, 7) is 3.54. The Balaban J connectivity index is 2.58. The molecule has 0 aromatic carbocycles. The monoisotopic (exact) mass is 237 g/mol. The average molecular weight is 237 g/mol. The summed E-state index contributed by atoms with van der Waals surface area (Å²) in [5.74, 6) is -1.24. The number of hydrogen-bond donors (Lipinski definition) is 2. The standard InChI is InChI=1S/C11H15N3O3/c1-11(2,4-3-9(15)16)14-10(17)8-7-12-5-6-13-8/h5-7H,3-4H2,1-2H3,(H,14,17)(H,15,16). The van der Waals surface area contributed by atoms with Crippen LogP contribution in [0.2, 0.25) is 0 Å². The lowest BCUT2D eigenvalue weighted by molar-refractivity contribution is -0.137. The second kappa shape index (κ2) is 5.38. The molecule has 0 aliphatic heterocycles. The van der Waals surface area contributed by atoms with E-state index in [-0.39, 0.29) is 18.0 Å². The van der Waals surface area contributed by atoms with Gasteiger partial charge in [0, 0.05) is 24.4 Å². The molecule has 0 unspecified atom stereocenters. The lowest BCUT2D eigenvalue weighted by atomic mass is 9.98. The molecule has 0 aliphatic rings. The summed E-state index contributed by atoms with van der Waals surface area (Å²) in [7, 11) is 0. The van der Waals surface area contributed by atoms with Crippen LogP contribution in [0.25, 0.3) is 0 Å². The van der Waals surface area contributed by atoms with Gasteiger partial charge in [0.1, 0.15) is 5.69 Å². The van der Waals surface area contributed by atoms with Crippen molar-refractivity contribution in [2.45, 2.75) is 32.2 Å². The van der Waals surface area contributed by atoms with E-state index in [4.69, 9.17) is 5.11 Å². The third-order valence-corrected chi connectivity index (χ3v) is 2.21. The molecule has 1 rings (SSSR count). The number of nitrogens with one attached hydrogen (secondary N) is 1. The Morgan fingerprint density at radius 2 is 2.12 bits per heavy atom. The number of aromatic nitrogens is 2. The van der Waals surface area contributed by atoms with Crippen molar-refractivity contribution in [1.29, 1.82) is 0 Å². The predicted molar refractivity (Wildman–Crippen MR) is 60.4 cm³/mol. The van der Waals surface area contributed by atoms with Gasteiger partial charge in [-0.2, -0.15) is 0 Å². The zero-order chi connectivity index (χ0) is 12.9. The van der Waals surface area contributed by atoms with Crippen LogP contribution in [0.1, 0.15) is 37.2 Å². The van der Waals surface area contributed by atoms with E-state index in [0.717, 1.165) is 0 Å². The number of amides is 1. The van der Waals surface area contributed by atoms with Crippen molar-refractivity contribution in [3.63, 3.8) is 0 Å². The third kappa shape index (κ3) is 4.58. The van der Waals surface area contributed by atoms with Crippen molar-refractivity contribution in [3.8, 4) is 0 Å². The maximum Gasteiger partial charge on any atom is 0.303 e. The lowest BCUT2D eigenvalue weighted by Gasteiger charge is -2.25. The van der Waals surface area contributed by atoms with Crippen LogP contribution in [0.4, 0.5) is 0 Å². The Labute approximate surface area is 99.1 Å². The van der Waals surface area contributed by atoms with Gasteiger partial charge in [-0.15, -0.1) is 0 Å². The highest BCUT2D eigenvalue weighted by Gasteiger charge is 2.22. The molecule has 1 amide bonds. The van der Waals surface area contributed by atoms with Crippen molar-refractivity contribution >= 4 is 11.9 Å². The Bertz CT molecular complexity index is 404. The Morgan fingerprint density at radius 3 is 2.65 bits per heavy atom. The van der Waals surface area contributed by atoms with Crippen molar-refractivity contribution in [1.82, 2.24) is 15.3 Å². The minimum atomic E-state index is -0.883. The molecule has 0 radical (unpaired) electrons. The quantitative estimate of drug-likeness (QED) is 0.792. The first-order valence-corrected chi connectivity index (χ1v) is 5.21. The molecule has 0 aliphatic carbocycles. The molecule has 0 atom stereocenters. The highest BCUT2D eigenvalue weighted by Crippen LogP contribution is 2.11. The van der Waals surface area contributed by atoms with Crippen molar-refractivity contribution < 1.29 is 14.7 Å². The number of nitrogens with zero attached hydrogens (tertiary/aromatic N) is 2. The minimum Gasteiger partial charge on any atom is -0.481 e. The van der Waals surface area contributed by atoms with Crippen molar-refractivity contribution in [3.05, 3.63) is 24.3 Å². The number of carbonyl (C=O) groups is 2. The SMILES string of the molecule is CC(C)(CCC(=O)O)NC(=O)c1cnccn1. The first-order valence-electron chi connectivity index (χ1n) is 5.21. The largest absolute Gasteiger partial charge is 0.481 e. The summed E-state index contributed by atoms with van der Waals surface area (Å²) >= 11 is 0.